The monoisotopic (exact) mass is 1550 g/mol. The van der Waals surface area contributed by atoms with Crippen LogP contribution >= 0.6 is 0 Å². The number of nitrogens with zero attached hydrogens (tertiary/aromatic N) is 6. The van der Waals surface area contributed by atoms with Crippen LogP contribution in [0.4, 0.5) is 0 Å². The minimum absolute atomic E-state index is 0.0149. The number of ketones is 3. The second kappa shape index (κ2) is 46.2. The number of amides is 5. The van der Waals surface area contributed by atoms with Crippen molar-refractivity contribution < 1.29 is 112 Å². The van der Waals surface area contributed by atoms with Gasteiger partial charge in [0.1, 0.15) is 35.7 Å². The van der Waals surface area contributed by atoms with E-state index in [1.807, 2.05) is 47.4 Å². The minimum Gasteiger partial charge on any atom is -0.481 e. The predicted octanol–water partition coefficient (Wildman–Crippen LogP) is 3.05. The van der Waals surface area contributed by atoms with Crippen molar-refractivity contribution in [2.24, 2.45) is 35.5 Å². The summed E-state index contributed by atoms with van der Waals surface area (Å²) in [5.74, 6) is -16.2. The number of aliphatic hydroxyl groups is 1. The fourth-order valence-electron chi connectivity index (χ4n) is 14.3. The summed E-state index contributed by atoms with van der Waals surface area (Å²) in [6.45, 7) is 7.02. The van der Waals surface area contributed by atoms with Gasteiger partial charge in [0.05, 0.1) is 50.5 Å². The maximum absolute atomic E-state index is 14.1. The van der Waals surface area contributed by atoms with Gasteiger partial charge in [-0.05, 0) is 118 Å². The highest BCUT2D eigenvalue weighted by molar-refractivity contribution is 5.99. The molecule has 3 aliphatic rings. The molecule has 3 aromatic rings. The lowest BCUT2D eigenvalue weighted by Gasteiger charge is -2.33. The molecular weight excluding hydrogens is 1440 g/mol. The number of nitrogens with one attached hydrogen (secondary N) is 4. The van der Waals surface area contributed by atoms with Crippen molar-refractivity contribution >= 4 is 99.4 Å². The molecule has 0 bridgehead atoms. The van der Waals surface area contributed by atoms with Gasteiger partial charge in [-0.2, -0.15) is 0 Å². The smallest absolute Gasteiger partial charge is 0.317 e. The highest BCUT2D eigenvalue weighted by atomic mass is 16.7. The number of carbonyl (C=O) groups excluding carboxylic acids is 10. The molecular formula is C78H110N10O23. The fourth-order valence-corrected chi connectivity index (χ4v) is 14.3. The Morgan fingerprint density at radius 1 is 0.559 bits per heavy atom. The van der Waals surface area contributed by atoms with E-state index in [1.165, 1.54) is 43.3 Å². The number of aromatic nitrogens is 1. The molecule has 2 saturated heterocycles. The van der Waals surface area contributed by atoms with Gasteiger partial charge in [-0.15, -0.1) is 0 Å². The number of benzene rings is 2. The first-order valence-electron chi connectivity index (χ1n) is 38.3. The molecule has 3 fully saturated rings. The van der Waals surface area contributed by atoms with Crippen molar-refractivity contribution in [3.8, 4) is 0 Å². The third-order valence-electron chi connectivity index (χ3n) is 20.5. The van der Waals surface area contributed by atoms with Gasteiger partial charge >= 0.3 is 41.8 Å². The molecule has 10 N–H and O–H groups in total. The van der Waals surface area contributed by atoms with Gasteiger partial charge in [-0.1, -0.05) is 62.7 Å². The summed E-state index contributed by atoms with van der Waals surface area (Å²) in [5.41, 5.74) is 1.06. The number of pyridine rings is 1. The van der Waals surface area contributed by atoms with Crippen LogP contribution in [-0.2, 0) is 83.0 Å². The first kappa shape index (κ1) is 90.2. The van der Waals surface area contributed by atoms with Gasteiger partial charge in [0.2, 0.25) is 29.9 Å². The van der Waals surface area contributed by atoms with Crippen LogP contribution in [0, 0.1) is 35.5 Å². The summed E-state index contributed by atoms with van der Waals surface area (Å²) >= 11 is 0. The number of fused-ring (bicyclic) bond motifs is 1. The molecule has 8 atom stereocenters. The van der Waals surface area contributed by atoms with Crippen LogP contribution in [0.5, 0.6) is 0 Å². The van der Waals surface area contributed by atoms with Crippen molar-refractivity contribution in [1.82, 2.24) is 50.8 Å². The van der Waals surface area contributed by atoms with Crippen molar-refractivity contribution in [1.29, 1.82) is 0 Å². The van der Waals surface area contributed by atoms with Crippen LogP contribution in [-0.4, -0.2) is 277 Å². The number of hydrogen-bond donors (Lipinski definition) is 10. The van der Waals surface area contributed by atoms with Gasteiger partial charge in [0.25, 0.3) is 5.91 Å². The zero-order valence-corrected chi connectivity index (χ0v) is 63.8. The topological polar surface area (TPSA) is 473 Å². The highest BCUT2D eigenvalue weighted by Gasteiger charge is 2.40. The molecule has 0 spiro atoms. The van der Waals surface area contributed by atoms with E-state index >= 15 is 0 Å². The third-order valence-corrected chi connectivity index (χ3v) is 20.5. The average molecular weight is 1560 g/mol. The largest absolute Gasteiger partial charge is 0.481 e. The Balaban J connectivity index is 0.934. The van der Waals surface area contributed by atoms with Gasteiger partial charge < -0.3 is 66.3 Å². The SMILES string of the molecule is CC(C)C[C@H](CC(=O)[C@H](CO)NC(=O)[C@@H]1CCCN1C(=O)[C@@H](C)NC(=O)c1ccncc1)C(=O)OC(C)OC(=O)CC[C@H](CC(=O)C[C@@H](CCCCNC(=O)[C@H](Cc1ccc2ccccc2c1)NC(=O)C1CCC(CCC(=O)CN2CCN(CC(=O)O)CCN(CC(=O)O)CCN(CC(=O)O)CC2)CC1)C(=O)O)C(=O)O. The van der Waals surface area contributed by atoms with E-state index in [2.05, 4.69) is 26.3 Å². The number of aliphatic carboxylic acids is 5. The van der Waals surface area contributed by atoms with Gasteiger partial charge in [0, 0.05) is 135 Å². The Kier molecular flexibility index (Phi) is 37.5. The summed E-state index contributed by atoms with van der Waals surface area (Å²) in [6.07, 6.45) is 3.22. The molecule has 1 saturated carbocycles. The first-order valence-corrected chi connectivity index (χ1v) is 38.3. The zero-order valence-electron chi connectivity index (χ0n) is 63.8. The summed E-state index contributed by atoms with van der Waals surface area (Å²) in [7, 11) is 0. The van der Waals surface area contributed by atoms with E-state index in [9.17, 15) is 103 Å². The third kappa shape index (κ3) is 31.9. The molecule has 33 nitrogen and oxygen atoms in total. The second-order valence-corrected chi connectivity index (χ2v) is 29.7. The van der Waals surface area contributed by atoms with Crippen molar-refractivity contribution in [3.63, 3.8) is 0 Å². The van der Waals surface area contributed by atoms with Crippen LogP contribution in [0.2, 0.25) is 0 Å². The minimum atomic E-state index is -1.54. The predicted molar refractivity (Wildman–Crippen MR) is 400 cm³/mol. The van der Waals surface area contributed by atoms with E-state index in [-0.39, 0.29) is 153 Å². The van der Waals surface area contributed by atoms with E-state index in [0.717, 1.165) is 16.3 Å². The number of Topliss-reactive ketones (excluding diaryl/α,β-unsaturated/α-hetero) is 3. The van der Waals surface area contributed by atoms with Gasteiger partial charge in [-0.3, -0.25) is 96.5 Å². The number of hydrogen-bond acceptors (Lipinski definition) is 23. The normalized spacial score (nSPS) is 18.9. The van der Waals surface area contributed by atoms with Crippen LogP contribution in [0.25, 0.3) is 10.8 Å². The number of ether oxygens (including phenoxy) is 2. The fraction of sp³-hybridized carbons (Fsp3) is 0.615. The van der Waals surface area contributed by atoms with Crippen molar-refractivity contribution in [2.45, 2.75) is 174 Å². The number of carbonyl (C=O) groups is 15. The van der Waals surface area contributed by atoms with Crippen LogP contribution in [0.1, 0.15) is 153 Å². The Hall–Kier alpha value is -9.70. The molecule has 0 radical (unpaired) electrons. The number of rotatable bonds is 44. The highest BCUT2D eigenvalue weighted by Crippen LogP contribution is 2.33. The van der Waals surface area contributed by atoms with E-state index in [4.69, 9.17) is 9.47 Å². The van der Waals surface area contributed by atoms with E-state index in [0.29, 0.717) is 51.6 Å². The van der Waals surface area contributed by atoms with Crippen LogP contribution in [0.15, 0.2) is 67.0 Å². The number of unbranched alkanes of at least 4 members (excludes halogenated alkanes) is 1. The van der Waals surface area contributed by atoms with Crippen LogP contribution < -0.4 is 21.3 Å². The maximum atomic E-state index is 14.1. The molecule has 2 aromatic carbocycles. The molecule has 5 amide bonds. The Morgan fingerprint density at radius 3 is 1.68 bits per heavy atom. The van der Waals surface area contributed by atoms with E-state index in [1.54, 1.807) is 28.5 Å². The number of aliphatic hydroxyl groups excluding tert-OH is 1. The summed E-state index contributed by atoms with van der Waals surface area (Å²) in [6, 6.07) is 11.8. The molecule has 33 heteroatoms. The average Bonchev–Trinajstić information content (AvgIpc) is 1.46. The number of carboxylic acid groups (broad SMARTS) is 5. The lowest BCUT2D eigenvalue weighted by molar-refractivity contribution is -0.188. The maximum Gasteiger partial charge on any atom is 0.317 e. The van der Waals surface area contributed by atoms with Crippen LogP contribution in [0.3, 0.4) is 0 Å². The molecule has 1 aliphatic carbocycles. The Bertz CT molecular complexity index is 3650. The van der Waals surface area contributed by atoms with Crippen molar-refractivity contribution in [3.05, 3.63) is 78.1 Å². The lowest BCUT2D eigenvalue weighted by Crippen LogP contribution is -2.55. The number of likely N-dealkylation sites (tertiary alicyclic amines) is 1. The molecule has 6 rings (SSSR count). The van der Waals surface area contributed by atoms with Crippen molar-refractivity contribution in [2.75, 3.05) is 98.2 Å². The molecule has 111 heavy (non-hydrogen) atoms. The summed E-state index contributed by atoms with van der Waals surface area (Å²) in [4.78, 5) is 207. The molecule has 1 aromatic heterocycles. The Labute approximate surface area is 645 Å². The molecule has 2 aliphatic heterocycles. The molecule has 1 unspecified atom stereocenters. The second-order valence-electron chi connectivity index (χ2n) is 29.7. The number of esters is 2. The molecule has 610 valence electrons. The quantitative estimate of drug-likeness (QED) is 0.0221. The van der Waals surface area contributed by atoms with E-state index < -0.39 is 170 Å². The summed E-state index contributed by atoms with van der Waals surface area (Å²) in [5, 5.41) is 72.1. The Morgan fingerprint density at radius 2 is 1.12 bits per heavy atom. The lowest BCUT2D eigenvalue weighted by atomic mass is 9.79. The summed E-state index contributed by atoms with van der Waals surface area (Å²) < 4.78 is 10.7. The number of carboxylic acids is 5. The van der Waals surface area contributed by atoms with Gasteiger partial charge in [0.15, 0.2) is 5.78 Å². The standard InChI is InChI=1S/C78H110N10O23/c1-49(2)38-60(43-66(92)64(48-89)83-74(103)65-13-9-29-88(65)75(104)50(3)81-71(100)56-24-27-79-28-25-56)78(109)111-51(4)110-70(99)23-21-59(77(107)108)42-62(91)41-58(76(105)106)12-7-8-26-80-73(102)63(40-53-16-18-54-10-5-6-11-57(54)39-53)82-72(101)55-19-14-52(15-20-55)17-22-61(90)44-84-30-32-85(45-67(93)94)34-36-87(47-69(97)98)37-35-86(33-31-84)46-68(95)96/h5-6,10-11,16,18,24-25,27-28,39,49-52,55,58-60,63-65,89H,7-9,12-15,17,19-23,26,29-38,40-48H2,1-4H3,(H,80,102)(H,81,100)(H,82,101)(H,83,103)(H,93,94)(H,95,96)(H,97,98)(H,105,106)(H,107,108)/t50-,51?,52?,55?,58-,59-,60-,63+,64+,65+/m1/s1. The first-order chi connectivity index (χ1) is 52.8. The molecule has 3 heterocycles. The zero-order chi connectivity index (χ0) is 81.3. The van der Waals surface area contributed by atoms with Gasteiger partial charge in [-0.25, -0.2) is 0 Å².